The summed E-state index contributed by atoms with van der Waals surface area (Å²) in [7, 11) is 1.68. The fourth-order valence-corrected chi connectivity index (χ4v) is 3.34. The zero-order valence-corrected chi connectivity index (χ0v) is 14.0. The van der Waals surface area contributed by atoms with Gasteiger partial charge in [0.15, 0.2) is 0 Å². The Morgan fingerprint density at radius 3 is 2.68 bits per heavy atom. The molecule has 1 N–H and O–H groups in total. The molecule has 0 unspecified atom stereocenters. The van der Waals surface area contributed by atoms with E-state index in [0.29, 0.717) is 6.61 Å². The van der Waals surface area contributed by atoms with Gasteiger partial charge in [0, 0.05) is 47.4 Å². The van der Waals surface area contributed by atoms with Crippen molar-refractivity contribution in [2.24, 2.45) is 0 Å². The fraction of sp³-hybridized carbons (Fsp3) is 0.267. The van der Waals surface area contributed by atoms with Gasteiger partial charge in [-0.05, 0) is 31.2 Å². The summed E-state index contributed by atoms with van der Waals surface area (Å²) in [4.78, 5) is 8.93. The van der Waals surface area contributed by atoms with E-state index in [4.69, 9.17) is 4.74 Å². The first-order valence-corrected chi connectivity index (χ1v) is 8.51. The van der Waals surface area contributed by atoms with Crippen LogP contribution in [-0.2, 0) is 11.2 Å². The quantitative estimate of drug-likeness (QED) is 0.742. The Morgan fingerprint density at radius 2 is 2.00 bits per heavy atom. The van der Waals surface area contributed by atoms with Crippen LogP contribution >= 0.6 is 22.9 Å². The van der Waals surface area contributed by atoms with Crippen LogP contribution in [0.5, 0.6) is 0 Å². The smallest absolute Gasteiger partial charge is 0.207 e. The van der Waals surface area contributed by atoms with Crippen molar-refractivity contribution in [3.05, 3.63) is 41.2 Å². The molecule has 0 spiro atoms. The van der Waals surface area contributed by atoms with Crippen LogP contribution in [0.25, 0.3) is 10.6 Å². The molecule has 3 aromatic rings. The van der Waals surface area contributed by atoms with Crippen molar-refractivity contribution < 1.29 is 4.74 Å². The van der Waals surface area contributed by atoms with E-state index >= 15 is 0 Å². The third kappa shape index (κ3) is 3.68. The van der Waals surface area contributed by atoms with Gasteiger partial charge in [-0.25, -0.2) is 9.97 Å². The zero-order chi connectivity index (χ0) is 15.4. The highest BCUT2D eigenvalue weighted by Crippen LogP contribution is 2.26. The number of benzene rings is 1. The number of aryl methyl sites for hydroxylation is 1. The molecule has 2 aromatic heterocycles. The molecule has 0 atom stereocenters. The van der Waals surface area contributed by atoms with Gasteiger partial charge in [0.05, 0.1) is 6.61 Å². The Kier molecular flexibility index (Phi) is 4.77. The maximum Gasteiger partial charge on any atom is 0.207 e. The highest BCUT2D eigenvalue weighted by atomic mass is 32.1. The molecule has 0 amide bonds. The van der Waals surface area contributed by atoms with Crippen LogP contribution in [0.2, 0.25) is 0 Å². The largest absolute Gasteiger partial charge is 0.384 e. The molecule has 0 fully saturated rings. The third-order valence-electron chi connectivity index (χ3n) is 3.00. The van der Waals surface area contributed by atoms with Crippen LogP contribution in [0.1, 0.15) is 11.5 Å². The average Bonchev–Trinajstić information content (AvgIpc) is 3.15. The molecule has 0 saturated carbocycles. The Hall–Kier alpha value is -1.83. The molecule has 3 rings (SSSR count). The topological polar surface area (TPSA) is 59.9 Å². The maximum atomic E-state index is 5.03. The maximum absolute atomic E-state index is 5.03. The van der Waals surface area contributed by atoms with Gasteiger partial charge < -0.3 is 10.1 Å². The van der Waals surface area contributed by atoms with Gasteiger partial charge >= 0.3 is 0 Å². The molecule has 22 heavy (non-hydrogen) atoms. The number of hydrogen-bond donors (Lipinski definition) is 1. The second-order valence-corrected chi connectivity index (χ2v) is 6.36. The summed E-state index contributed by atoms with van der Waals surface area (Å²) < 4.78 is 9.33. The van der Waals surface area contributed by atoms with Crippen LogP contribution in [0.15, 0.2) is 29.6 Å². The number of methoxy groups -OCH3 is 1. The van der Waals surface area contributed by atoms with Crippen molar-refractivity contribution in [2.75, 3.05) is 19.0 Å². The van der Waals surface area contributed by atoms with Gasteiger partial charge in [-0.2, -0.15) is 4.37 Å². The highest BCUT2D eigenvalue weighted by molar-refractivity contribution is 7.13. The molecular weight excluding hydrogens is 316 g/mol. The van der Waals surface area contributed by atoms with Crippen molar-refractivity contribution in [1.29, 1.82) is 0 Å². The first kappa shape index (κ1) is 15.1. The minimum atomic E-state index is 0.637. The summed E-state index contributed by atoms with van der Waals surface area (Å²) in [5, 5.41) is 7.17. The van der Waals surface area contributed by atoms with E-state index in [1.165, 1.54) is 11.5 Å². The van der Waals surface area contributed by atoms with Gasteiger partial charge in [0.1, 0.15) is 10.8 Å². The van der Waals surface area contributed by atoms with Crippen LogP contribution in [0.4, 0.5) is 10.8 Å². The summed E-state index contributed by atoms with van der Waals surface area (Å²) >= 11 is 3.02. The monoisotopic (exact) mass is 332 g/mol. The van der Waals surface area contributed by atoms with E-state index in [1.54, 1.807) is 18.4 Å². The molecule has 0 aliphatic heterocycles. The molecule has 7 heteroatoms. The lowest BCUT2D eigenvalue weighted by atomic mass is 10.2. The number of rotatable bonds is 6. The first-order chi connectivity index (χ1) is 10.7. The number of hydrogen-bond acceptors (Lipinski definition) is 7. The number of ether oxygens (including phenoxy) is 1. The van der Waals surface area contributed by atoms with Crippen molar-refractivity contribution in [3.8, 4) is 10.6 Å². The Balaban J connectivity index is 1.67. The summed E-state index contributed by atoms with van der Waals surface area (Å²) in [6.07, 6.45) is 0.733. The lowest BCUT2D eigenvalue weighted by Gasteiger charge is -2.03. The number of nitrogens with zero attached hydrogens (tertiary/aromatic N) is 3. The summed E-state index contributed by atoms with van der Waals surface area (Å²) in [6, 6.07) is 8.19. The molecule has 114 valence electrons. The Bertz CT molecular complexity index is 736. The van der Waals surface area contributed by atoms with Crippen molar-refractivity contribution >= 4 is 33.7 Å². The van der Waals surface area contributed by atoms with Crippen LogP contribution in [0, 0.1) is 6.92 Å². The number of aromatic nitrogens is 3. The molecule has 5 nitrogen and oxygen atoms in total. The summed E-state index contributed by atoms with van der Waals surface area (Å²) in [6.45, 7) is 2.64. The highest BCUT2D eigenvalue weighted by Gasteiger charge is 2.06. The lowest BCUT2D eigenvalue weighted by molar-refractivity contribution is 0.201. The molecule has 1 aromatic carbocycles. The van der Waals surface area contributed by atoms with Gasteiger partial charge in [-0.3, -0.25) is 0 Å². The molecule has 0 aliphatic carbocycles. The van der Waals surface area contributed by atoms with E-state index in [1.807, 2.05) is 19.1 Å². The zero-order valence-electron chi connectivity index (χ0n) is 12.4. The van der Waals surface area contributed by atoms with E-state index in [0.717, 1.165) is 39.3 Å². The summed E-state index contributed by atoms with van der Waals surface area (Å²) in [5.41, 5.74) is 3.17. The minimum Gasteiger partial charge on any atom is -0.384 e. The van der Waals surface area contributed by atoms with Crippen molar-refractivity contribution in [3.63, 3.8) is 0 Å². The van der Waals surface area contributed by atoms with Crippen LogP contribution in [0.3, 0.4) is 0 Å². The fourth-order valence-electron chi connectivity index (χ4n) is 1.91. The minimum absolute atomic E-state index is 0.637. The van der Waals surface area contributed by atoms with E-state index in [2.05, 4.69) is 37.2 Å². The van der Waals surface area contributed by atoms with Gasteiger partial charge in [0.2, 0.25) is 5.13 Å². The van der Waals surface area contributed by atoms with E-state index in [9.17, 15) is 0 Å². The number of anilines is 2. The molecule has 0 bridgehead atoms. The first-order valence-electron chi connectivity index (χ1n) is 6.86. The van der Waals surface area contributed by atoms with Gasteiger partial charge in [0.25, 0.3) is 0 Å². The predicted octanol–water partition coefficient (Wildman–Crippen LogP) is 3.90. The lowest BCUT2D eigenvalue weighted by Crippen LogP contribution is -1.96. The van der Waals surface area contributed by atoms with E-state index in [-0.39, 0.29) is 0 Å². The average molecular weight is 332 g/mol. The second-order valence-electron chi connectivity index (χ2n) is 4.75. The van der Waals surface area contributed by atoms with Gasteiger partial charge in [-0.1, -0.05) is 0 Å². The van der Waals surface area contributed by atoms with Crippen molar-refractivity contribution in [2.45, 2.75) is 13.3 Å². The van der Waals surface area contributed by atoms with Crippen LogP contribution in [-0.4, -0.2) is 28.1 Å². The number of nitrogens with one attached hydrogen (secondary N) is 1. The van der Waals surface area contributed by atoms with Crippen LogP contribution < -0.4 is 5.32 Å². The second kappa shape index (κ2) is 6.95. The van der Waals surface area contributed by atoms with E-state index < -0.39 is 0 Å². The predicted molar refractivity (Wildman–Crippen MR) is 91.1 cm³/mol. The number of thiazole rings is 1. The SMILES string of the molecule is COCCc1nsc(Nc2ccc(-c3nc(C)cs3)cc2)n1. The Morgan fingerprint density at radius 1 is 1.18 bits per heavy atom. The Labute approximate surface area is 137 Å². The molecule has 0 saturated heterocycles. The summed E-state index contributed by atoms with van der Waals surface area (Å²) in [5.74, 6) is 0.809. The molecule has 2 heterocycles. The normalized spacial score (nSPS) is 10.8. The molecule has 0 aliphatic rings. The standard InChI is InChI=1S/C15H16N4OS2/c1-10-9-21-14(16-10)11-3-5-12(6-4-11)17-15-18-13(19-22-15)7-8-20-2/h3-6,9H,7-8H2,1-2H3,(H,17,18,19). The third-order valence-corrected chi connectivity index (χ3v) is 4.68. The van der Waals surface area contributed by atoms with Gasteiger partial charge in [-0.15, -0.1) is 11.3 Å². The van der Waals surface area contributed by atoms with Crippen molar-refractivity contribution in [1.82, 2.24) is 14.3 Å². The molecular formula is C15H16N4OS2. The molecule has 0 radical (unpaired) electrons.